The van der Waals surface area contributed by atoms with Crippen molar-refractivity contribution < 1.29 is 9.13 Å². The third kappa shape index (κ3) is 4.57. The summed E-state index contributed by atoms with van der Waals surface area (Å²) in [5, 5.41) is 12.6. The molecule has 1 aliphatic carbocycles. The van der Waals surface area contributed by atoms with E-state index in [0.717, 1.165) is 44.0 Å². The number of aromatic nitrogens is 2. The Morgan fingerprint density at radius 1 is 1.03 bits per heavy atom. The predicted molar refractivity (Wildman–Crippen MR) is 124 cm³/mol. The first kappa shape index (κ1) is 21.2. The number of hydrogen-bond acceptors (Lipinski definition) is 5. The van der Waals surface area contributed by atoms with Gasteiger partial charge in [0.05, 0.1) is 17.8 Å². The molecule has 3 atom stereocenters. The second kappa shape index (κ2) is 9.04. The predicted octanol–water partition coefficient (Wildman–Crippen LogP) is 5.27. The zero-order chi connectivity index (χ0) is 22.1. The highest BCUT2D eigenvalue weighted by molar-refractivity contribution is 6.33. The van der Waals surface area contributed by atoms with Crippen molar-refractivity contribution in [2.24, 2.45) is 11.8 Å². The van der Waals surface area contributed by atoms with Gasteiger partial charge in [0.25, 0.3) is 0 Å². The molecule has 1 N–H and O–H groups in total. The number of halogens is 2. The van der Waals surface area contributed by atoms with E-state index in [2.05, 4.69) is 32.5 Å². The van der Waals surface area contributed by atoms with Gasteiger partial charge in [-0.05, 0) is 72.7 Å². The lowest BCUT2D eigenvalue weighted by Gasteiger charge is -2.20. The second-order valence-electron chi connectivity index (χ2n) is 8.80. The van der Waals surface area contributed by atoms with Crippen LogP contribution in [0.1, 0.15) is 18.4 Å². The Kier molecular flexibility index (Phi) is 5.98. The van der Waals surface area contributed by atoms with Gasteiger partial charge in [-0.2, -0.15) is 0 Å². The Balaban J connectivity index is 1.15. The van der Waals surface area contributed by atoms with Crippen LogP contribution in [-0.4, -0.2) is 41.3 Å². The molecule has 2 heterocycles. The summed E-state index contributed by atoms with van der Waals surface area (Å²) < 4.78 is 18.8. The van der Waals surface area contributed by atoms with Crippen molar-refractivity contribution in [3.05, 3.63) is 71.0 Å². The average molecular weight is 453 g/mol. The van der Waals surface area contributed by atoms with Crippen molar-refractivity contribution in [1.82, 2.24) is 15.1 Å². The minimum Gasteiger partial charge on any atom is -0.497 e. The minimum absolute atomic E-state index is 0.341. The van der Waals surface area contributed by atoms with Gasteiger partial charge in [-0.3, -0.25) is 4.90 Å². The molecule has 2 fully saturated rings. The van der Waals surface area contributed by atoms with Crippen LogP contribution in [-0.2, 0) is 6.54 Å². The highest BCUT2D eigenvalue weighted by atomic mass is 35.5. The molecule has 2 aromatic carbocycles. The first-order chi connectivity index (χ1) is 15.6. The van der Waals surface area contributed by atoms with E-state index < -0.39 is 0 Å². The lowest BCUT2D eigenvalue weighted by atomic mass is 10.0. The van der Waals surface area contributed by atoms with E-state index in [1.54, 1.807) is 7.11 Å². The topological polar surface area (TPSA) is 50.3 Å². The Labute approximate surface area is 192 Å². The van der Waals surface area contributed by atoms with Crippen molar-refractivity contribution in [3.63, 3.8) is 0 Å². The first-order valence-corrected chi connectivity index (χ1v) is 11.4. The van der Waals surface area contributed by atoms with Crippen molar-refractivity contribution in [2.45, 2.75) is 25.4 Å². The van der Waals surface area contributed by atoms with Crippen molar-refractivity contribution >= 4 is 17.4 Å². The number of nitrogens with zero attached hydrogens (tertiary/aromatic N) is 3. The Morgan fingerprint density at radius 3 is 2.44 bits per heavy atom. The van der Waals surface area contributed by atoms with E-state index in [4.69, 9.17) is 16.3 Å². The van der Waals surface area contributed by atoms with Crippen molar-refractivity contribution in [1.29, 1.82) is 0 Å². The van der Waals surface area contributed by atoms with Gasteiger partial charge in [0.15, 0.2) is 0 Å². The zero-order valence-corrected chi connectivity index (χ0v) is 18.7. The average Bonchev–Trinajstić information content (AvgIpc) is 3.34. The summed E-state index contributed by atoms with van der Waals surface area (Å²) in [4.78, 5) is 2.56. The summed E-state index contributed by atoms with van der Waals surface area (Å²) in [6, 6.07) is 16.8. The highest BCUT2D eigenvalue weighted by Gasteiger charge is 2.40. The van der Waals surface area contributed by atoms with E-state index in [9.17, 15) is 4.39 Å². The van der Waals surface area contributed by atoms with Crippen LogP contribution in [0.25, 0.3) is 11.3 Å². The van der Waals surface area contributed by atoms with Gasteiger partial charge in [-0.1, -0.05) is 23.7 Å². The maximum Gasteiger partial charge on any atom is 0.148 e. The molecule has 5 nitrogen and oxygen atoms in total. The standard InChI is InChI=1S/C25H26ClFN4O/c1-32-21-5-2-16(3-6-21)13-31-14-17-10-20(11-18(17)15-31)28-25-9-8-24(29-30-25)22-12-19(27)4-7-23(22)26/h2-9,12,17-18,20H,10-11,13-15H2,1H3,(H,28,30)/t17-,18+,20-. The summed E-state index contributed by atoms with van der Waals surface area (Å²) in [7, 11) is 1.70. The summed E-state index contributed by atoms with van der Waals surface area (Å²) in [6.45, 7) is 3.26. The SMILES string of the molecule is COc1ccc(CN2C[C@H]3C[C@@H](Nc4ccc(-c5cc(F)ccc5Cl)nn4)C[C@H]3C2)cc1. The smallest absolute Gasteiger partial charge is 0.148 e. The van der Waals surface area contributed by atoms with Crippen LogP contribution in [0.4, 0.5) is 10.2 Å². The molecule has 166 valence electrons. The van der Waals surface area contributed by atoms with Crippen LogP contribution in [0, 0.1) is 17.7 Å². The van der Waals surface area contributed by atoms with Crippen LogP contribution in [0.15, 0.2) is 54.6 Å². The van der Waals surface area contributed by atoms with E-state index >= 15 is 0 Å². The molecule has 32 heavy (non-hydrogen) atoms. The van der Waals surface area contributed by atoms with Gasteiger partial charge in [0.2, 0.25) is 0 Å². The molecule has 7 heteroatoms. The Bertz CT molecular complexity index is 1060. The van der Waals surface area contributed by atoms with Gasteiger partial charge >= 0.3 is 0 Å². The minimum atomic E-state index is -0.341. The molecule has 5 rings (SSSR count). The number of rotatable bonds is 6. The van der Waals surface area contributed by atoms with Gasteiger partial charge in [-0.25, -0.2) is 4.39 Å². The number of benzene rings is 2. The van der Waals surface area contributed by atoms with E-state index in [-0.39, 0.29) is 5.82 Å². The number of likely N-dealkylation sites (tertiary alicyclic amines) is 1. The fourth-order valence-corrected chi connectivity index (χ4v) is 5.30. The highest BCUT2D eigenvalue weighted by Crippen LogP contribution is 2.39. The van der Waals surface area contributed by atoms with E-state index in [0.29, 0.717) is 34.2 Å². The summed E-state index contributed by atoms with van der Waals surface area (Å²) >= 11 is 6.18. The summed E-state index contributed by atoms with van der Waals surface area (Å²) in [6.07, 6.45) is 2.28. The van der Waals surface area contributed by atoms with Gasteiger partial charge < -0.3 is 10.1 Å². The number of ether oxygens (including phenoxy) is 1. The normalized spacial score (nSPS) is 22.7. The molecule has 0 spiro atoms. The quantitative estimate of drug-likeness (QED) is 0.552. The molecular weight excluding hydrogens is 427 g/mol. The molecule has 0 amide bonds. The molecule has 0 bridgehead atoms. The monoisotopic (exact) mass is 452 g/mol. The molecule has 1 saturated carbocycles. The van der Waals surface area contributed by atoms with Crippen LogP contribution in [0.3, 0.4) is 0 Å². The fourth-order valence-electron chi connectivity index (χ4n) is 5.09. The third-order valence-corrected chi connectivity index (χ3v) is 6.94. The van der Waals surface area contributed by atoms with Crippen LogP contribution in [0.5, 0.6) is 5.75 Å². The Morgan fingerprint density at radius 2 is 1.78 bits per heavy atom. The van der Waals surface area contributed by atoms with Crippen molar-refractivity contribution in [2.75, 3.05) is 25.5 Å². The summed E-state index contributed by atoms with van der Waals surface area (Å²) in [5.41, 5.74) is 2.45. The molecule has 1 aromatic heterocycles. The molecular formula is C25H26ClFN4O. The van der Waals surface area contributed by atoms with Gasteiger partial charge in [0.1, 0.15) is 17.4 Å². The molecule has 1 saturated heterocycles. The number of nitrogens with one attached hydrogen (secondary N) is 1. The summed E-state index contributed by atoms with van der Waals surface area (Å²) in [5.74, 6) is 2.73. The molecule has 1 aliphatic heterocycles. The number of methoxy groups -OCH3 is 1. The van der Waals surface area contributed by atoms with Crippen molar-refractivity contribution in [3.8, 4) is 17.0 Å². The largest absolute Gasteiger partial charge is 0.497 e. The van der Waals surface area contributed by atoms with Gasteiger partial charge in [0, 0.05) is 31.2 Å². The van der Waals surface area contributed by atoms with E-state index in [1.807, 2.05) is 24.3 Å². The van der Waals surface area contributed by atoms with Crippen LogP contribution in [0.2, 0.25) is 5.02 Å². The lowest BCUT2D eigenvalue weighted by Crippen LogP contribution is -2.25. The van der Waals surface area contributed by atoms with Crippen LogP contribution >= 0.6 is 11.6 Å². The molecule has 0 radical (unpaired) electrons. The number of hydrogen-bond donors (Lipinski definition) is 1. The fraction of sp³-hybridized carbons (Fsp3) is 0.360. The molecule has 0 unspecified atom stereocenters. The maximum atomic E-state index is 13.5. The molecule has 3 aromatic rings. The van der Waals surface area contributed by atoms with Gasteiger partial charge in [-0.15, -0.1) is 10.2 Å². The van der Waals surface area contributed by atoms with E-state index in [1.165, 1.54) is 23.8 Å². The van der Waals surface area contributed by atoms with Crippen LogP contribution < -0.4 is 10.1 Å². The second-order valence-corrected chi connectivity index (χ2v) is 9.21. The lowest BCUT2D eigenvalue weighted by molar-refractivity contribution is 0.301. The Hall–Kier alpha value is -2.70. The first-order valence-electron chi connectivity index (χ1n) is 11.0. The maximum absolute atomic E-state index is 13.5. The molecule has 2 aliphatic rings. The number of anilines is 1. The number of fused-ring (bicyclic) bond motifs is 1. The third-order valence-electron chi connectivity index (χ3n) is 6.61. The zero-order valence-electron chi connectivity index (χ0n) is 18.0.